The van der Waals surface area contributed by atoms with E-state index in [0.29, 0.717) is 6.54 Å². The van der Waals surface area contributed by atoms with E-state index >= 15 is 0 Å². The first-order valence-corrected chi connectivity index (χ1v) is 8.63. The maximum Gasteiger partial charge on any atom is 0.238 e. The molecule has 2 aromatic carbocycles. The molecular weight excluding hydrogens is 314 g/mol. The number of rotatable bonds is 5. The summed E-state index contributed by atoms with van der Waals surface area (Å²) in [5, 5.41) is 3.00. The molecule has 1 heterocycles. The third-order valence-corrected chi connectivity index (χ3v) is 4.58. The van der Waals surface area contributed by atoms with Gasteiger partial charge in [-0.15, -0.1) is 0 Å². The molecule has 2 aromatic rings. The number of nitrogens with zero attached hydrogens (tertiary/aromatic N) is 2. The summed E-state index contributed by atoms with van der Waals surface area (Å²) in [4.78, 5) is 16.8. The molecule has 0 aliphatic carbocycles. The maximum atomic E-state index is 12.3. The van der Waals surface area contributed by atoms with Gasteiger partial charge >= 0.3 is 0 Å². The van der Waals surface area contributed by atoms with Crippen LogP contribution in [0.3, 0.4) is 0 Å². The zero-order valence-electron chi connectivity index (χ0n) is 14.9. The van der Waals surface area contributed by atoms with Gasteiger partial charge in [0.25, 0.3) is 0 Å². The number of carbonyl (C=O) groups is 1. The molecule has 1 aliphatic heterocycles. The Hall–Kier alpha value is -2.53. The molecule has 1 amide bonds. The summed E-state index contributed by atoms with van der Waals surface area (Å²) in [6.45, 7) is 5.92. The predicted molar refractivity (Wildman–Crippen MR) is 101 cm³/mol. The predicted octanol–water partition coefficient (Wildman–Crippen LogP) is 2.76. The summed E-state index contributed by atoms with van der Waals surface area (Å²) >= 11 is 0. The first kappa shape index (κ1) is 17.3. The van der Waals surface area contributed by atoms with Gasteiger partial charge in [0.1, 0.15) is 5.75 Å². The number of hydrogen-bond acceptors (Lipinski definition) is 4. The minimum Gasteiger partial charge on any atom is -0.495 e. The normalized spacial score (nSPS) is 15.0. The van der Waals surface area contributed by atoms with E-state index < -0.39 is 0 Å². The average Bonchev–Trinajstić information content (AvgIpc) is 2.64. The number of nitrogens with one attached hydrogen (secondary N) is 1. The lowest BCUT2D eigenvalue weighted by molar-refractivity contribution is -0.117. The van der Waals surface area contributed by atoms with Gasteiger partial charge in [-0.1, -0.05) is 30.3 Å². The lowest BCUT2D eigenvalue weighted by Crippen LogP contribution is -2.48. The summed E-state index contributed by atoms with van der Waals surface area (Å²) in [5.74, 6) is 0.938. The highest BCUT2D eigenvalue weighted by atomic mass is 16.5. The molecule has 1 fully saturated rings. The second-order valence-corrected chi connectivity index (χ2v) is 6.30. The Labute approximate surface area is 149 Å². The summed E-state index contributed by atoms with van der Waals surface area (Å²) in [5.41, 5.74) is 3.09. The van der Waals surface area contributed by atoms with Crippen molar-refractivity contribution in [2.75, 3.05) is 50.1 Å². The van der Waals surface area contributed by atoms with Gasteiger partial charge in [-0.3, -0.25) is 9.69 Å². The quantitative estimate of drug-likeness (QED) is 0.910. The number of methoxy groups -OCH3 is 1. The highest BCUT2D eigenvalue weighted by molar-refractivity contribution is 5.92. The standard InChI is InChI=1S/C20H25N3O2/c1-16-7-3-4-8-17(16)21-20(24)15-22-11-13-23(14-12-22)18-9-5-6-10-19(18)25-2/h3-10H,11-15H2,1-2H3,(H,21,24). The summed E-state index contributed by atoms with van der Waals surface area (Å²) in [7, 11) is 1.70. The monoisotopic (exact) mass is 339 g/mol. The molecule has 132 valence electrons. The Kier molecular flexibility index (Phi) is 5.56. The van der Waals surface area contributed by atoms with Crippen LogP contribution < -0.4 is 15.0 Å². The van der Waals surface area contributed by atoms with Crippen LogP contribution in [0, 0.1) is 6.92 Å². The molecule has 0 bridgehead atoms. The lowest BCUT2D eigenvalue weighted by atomic mass is 10.2. The van der Waals surface area contributed by atoms with E-state index in [2.05, 4.69) is 21.2 Å². The molecule has 5 nitrogen and oxygen atoms in total. The SMILES string of the molecule is COc1ccccc1N1CCN(CC(=O)Nc2ccccc2C)CC1. The number of hydrogen-bond donors (Lipinski definition) is 1. The van der Waals surface area contributed by atoms with Gasteiger partial charge in [-0.05, 0) is 30.7 Å². The van der Waals surface area contributed by atoms with Crippen LogP contribution in [0.4, 0.5) is 11.4 Å². The Bertz CT molecular complexity index is 724. The molecule has 3 rings (SSSR count). The smallest absolute Gasteiger partial charge is 0.238 e. The van der Waals surface area contributed by atoms with Crippen molar-refractivity contribution in [1.82, 2.24) is 4.90 Å². The summed E-state index contributed by atoms with van der Waals surface area (Å²) < 4.78 is 5.45. The molecule has 5 heteroatoms. The second-order valence-electron chi connectivity index (χ2n) is 6.30. The van der Waals surface area contributed by atoms with Crippen LogP contribution in [0.2, 0.25) is 0 Å². The summed E-state index contributed by atoms with van der Waals surface area (Å²) in [6, 6.07) is 15.9. The minimum absolute atomic E-state index is 0.0417. The number of aryl methyl sites for hydroxylation is 1. The zero-order valence-corrected chi connectivity index (χ0v) is 14.9. The molecule has 0 spiro atoms. The van der Waals surface area contributed by atoms with E-state index in [1.165, 1.54) is 0 Å². The molecule has 0 unspecified atom stereocenters. The van der Waals surface area contributed by atoms with Gasteiger partial charge in [-0.2, -0.15) is 0 Å². The first-order chi connectivity index (χ1) is 12.2. The Morgan fingerprint density at radius 1 is 1.04 bits per heavy atom. The van der Waals surface area contributed by atoms with Gasteiger partial charge in [-0.25, -0.2) is 0 Å². The highest BCUT2D eigenvalue weighted by Gasteiger charge is 2.21. The van der Waals surface area contributed by atoms with E-state index in [0.717, 1.165) is 48.9 Å². The molecule has 0 aromatic heterocycles. The van der Waals surface area contributed by atoms with E-state index in [1.54, 1.807) is 7.11 Å². The van der Waals surface area contributed by atoms with Gasteiger partial charge in [0.2, 0.25) is 5.91 Å². The maximum absolute atomic E-state index is 12.3. The molecule has 0 radical (unpaired) electrons. The number of benzene rings is 2. The molecule has 1 N–H and O–H groups in total. The van der Waals surface area contributed by atoms with Gasteiger partial charge in [0, 0.05) is 31.9 Å². The number of anilines is 2. The van der Waals surface area contributed by atoms with E-state index in [4.69, 9.17) is 4.74 Å². The number of para-hydroxylation sites is 3. The third kappa shape index (κ3) is 4.31. The van der Waals surface area contributed by atoms with Gasteiger partial charge < -0.3 is 15.0 Å². The lowest BCUT2D eigenvalue weighted by Gasteiger charge is -2.36. The van der Waals surface area contributed by atoms with Crippen LogP contribution in [-0.4, -0.2) is 50.6 Å². The second kappa shape index (κ2) is 8.03. The van der Waals surface area contributed by atoms with Crippen molar-refractivity contribution in [1.29, 1.82) is 0 Å². The van der Waals surface area contributed by atoms with Crippen LogP contribution in [-0.2, 0) is 4.79 Å². The fourth-order valence-corrected chi connectivity index (χ4v) is 3.14. The molecular formula is C20H25N3O2. The van der Waals surface area contributed by atoms with E-state index in [9.17, 15) is 4.79 Å². The number of carbonyl (C=O) groups excluding carboxylic acids is 1. The van der Waals surface area contributed by atoms with Crippen LogP contribution in [0.25, 0.3) is 0 Å². The van der Waals surface area contributed by atoms with E-state index in [1.807, 2.05) is 49.4 Å². The highest BCUT2D eigenvalue weighted by Crippen LogP contribution is 2.28. The summed E-state index contributed by atoms with van der Waals surface area (Å²) in [6.07, 6.45) is 0. The van der Waals surface area contributed by atoms with Crippen molar-refractivity contribution < 1.29 is 9.53 Å². The van der Waals surface area contributed by atoms with Crippen molar-refractivity contribution in [2.24, 2.45) is 0 Å². The average molecular weight is 339 g/mol. The Morgan fingerprint density at radius 3 is 2.44 bits per heavy atom. The molecule has 1 saturated heterocycles. The zero-order chi connectivity index (χ0) is 17.6. The van der Waals surface area contributed by atoms with Crippen molar-refractivity contribution in [2.45, 2.75) is 6.92 Å². The van der Waals surface area contributed by atoms with E-state index in [-0.39, 0.29) is 5.91 Å². The Balaban J connectivity index is 1.52. The van der Waals surface area contributed by atoms with Gasteiger partial charge in [0.05, 0.1) is 19.3 Å². The fraction of sp³-hybridized carbons (Fsp3) is 0.350. The number of amides is 1. The fourth-order valence-electron chi connectivity index (χ4n) is 3.14. The molecule has 0 saturated carbocycles. The van der Waals surface area contributed by atoms with Crippen LogP contribution >= 0.6 is 0 Å². The largest absolute Gasteiger partial charge is 0.495 e. The van der Waals surface area contributed by atoms with Crippen molar-refractivity contribution in [3.63, 3.8) is 0 Å². The molecule has 25 heavy (non-hydrogen) atoms. The minimum atomic E-state index is 0.0417. The number of piperazine rings is 1. The van der Waals surface area contributed by atoms with Gasteiger partial charge in [0.15, 0.2) is 0 Å². The topological polar surface area (TPSA) is 44.8 Å². The third-order valence-electron chi connectivity index (χ3n) is 4.58. The first-order valence-electron chi connectivity index (χ1n) is 8.63. The van der Waals surface area contributed by atoms with Crippen molar-refractivity contribution in [3.8, 4) is 5.75 Å². The van der Waals surface area contributed by atoms with Crippen LogP contribution in [0.15, 0.2) is 48.5 Å². The molecule has 1 aliphatic rings. The number of ether oxygens (including phenoxy) is 1. The van der Waals surface area contributed by atoms with Crippen molar-refractivity contribution >= 4 is 17.3 Å². The Morgan fingerprint density at radius 2 is 1.72 bits per heavy atom. The van der Waals surface area contributed by atoms with Crippen LogP contribution in [0.5, 0.6) is 5.75 Å². The molecule has 0 atom stereocenters. The van der Waals surface area contributed by atoms with Crippen molar-refractivity contribution in [3.05, 3.63) is 54.1 Å². The van der Waals surface area contributed by atoms with Crippen LogP contribution in [0.1, 0.15) is 5.56 Å².